The Morgan fingerprint density at radius 3 is 2.61 bits per heavy atom. The number of carboxylic acids is 1. The average molecular weight is 257 g/mol. The quantitative estimate of drug-likeness (QED) is 0.485. The fourth-order valence-corrected chi connectivity index (χ4v) is 1.45. The molecule has 0 aromatic heterocycles. The molecule has 0 aliphatic heterocycles. The molecule has 3 N–H and O–H groups in total. The van der Waals surface area contributed by atoms with Crippen LogP contribution in [0.3, 0.4) is 0 Å². The number of carboxylic acid groups (broad SMARTS) is 1. The topological polar surface area (TPSA) is 89.6 Å². The molecule has 1 unspecified atom stereocenters. The molecule has 0 aliphatic rings. The zero-order valence-electron chi connectivity index (χ0n) is 11.1. The van der Waals surface area contributed by atoms with E-state index in [-0.39, 0.29) is 31.3 Å². The van der Waals surface area contributed by atoms with Crippen LogP contribution in [0, 0.1) is 5.92 Å². The predicted octanol–water partition coefficient (Wildman–Crippen LogP) is 1.71. The lowest BCUT2D eigenvalue weighted by Crippen LogP contribution is -2.32. The largest absolute Gasteiger partial charge is 0.480 e. The van der Waals surface area contributed by atoms with Crippen molar-refractivity contribution in [3.05, 3.63) is 12.2 Å². The highest BCUT2D eigenvalue weighted by Crippen LogP contribution is 2.10. The van der Waals surface area contributed by atoms with Crippen LogP contribution in [-0.2, 0) is 14.3 Å². The standard InChI is InChI=1S/C13H23NO4/c1-3-4-5-6-7-18-12(15)9-10(2)8-11(14)13(16)17/h5-6,10-11H,3-4,7-9,14H2,1-2H3,(H,16,17)/t10?,11-/m0/s1. The number of carbonyl (C=O) groups excluding carboxylic acids is 1. The van der Waals surface area contributed by atoms with Gasteiger partial charge in [-0.3, -0.25) is 9.59 Å². The summed E-state index contributed by atoms with van der Waals surface area (Å²) in [7, 11) is 0. The minimum Gasteiger partial charge on any atom is -0.480 e. The zero-order valence-corrected chi connectivity index (χ0v) is 11.1. The maximum absolute atomic E-state index is 11.4. The van der Waals surface area contributed by atoms with Gasteiger partial charge in [0.05, 0.1) is 0 Å². The van der Waals surface area contributed by atoms with Gasteiger partial charge in [-0.25, -0.2) is 0 Å². The second-order valence-corrected chi connectivity index (χ2v) is 4.43. The van der Waals surface area contributed by atoms with E-state index in [9.17, 15) is 9.59 Å². The Bertz CT molecular complexity index is 289. The molecular formula is C13H23NO4. The Balaban J connectivity index is 3.77. The lowest BCUT2D eigenvalue weighted by atomic mass is 9.99. The Morgan fingerprint density at radius 2 is 2.06 bits per heavy atom. The van der Waals surface area contributed by atoms with Gasteiger partial charge in [0.15, 0.2) is 0 Å². The van der Waals surface area contributed by atoms with Gasteiger partial charge >= 0.3 is 11.9 Å². The van der Waals surface area contributed by atoms with Gasteiger partial charge in [0, 0.05) is 6.42 Å². The van der Waals surface area contributed by atoms with E-state index in [1.54, 1.807) is 6.92 Å². The van der Waals surface area contributed by atoms with Crippen molar-refractivity contribution in [2.24, 2.45) is 11.7 Å². The molecule has 18 heavy (non-hydrogen) atoms. The maximum Gasteiger partial charge on any atom is 0.320 e. The number of unbranched alkanes of at least 4 members (excludes halogenated alkanes) is 1. The molecule has 2 atom stereocenters. The van der Waals surface area contributed by atoms with E-state index in [0.29, 0.717) is 0 Å². The number of ether oxygens (including phenoxy) is 1. The number of esters is 1. The molecule has 5 heteroatoms. The second kappa shape index (κ2) is 9.65. The van der Waals surface area contributed by atoms with E-state index >= 15 is 0 Å². The molecule has 0 aliphatic carbocycles. The van der Waals surface area contributed by atoms with E-state index < -0.39 is 12.0 Å². The van der Waals surface area contributed by atoms with E-state index in [0.717, 1.165) is 12.8 Å². The maximum atomic E-state index is 11.4. The number of nitrogens with two attached hydrogens (primary N) is 1. The van der Waals surface area contributed by atoms with Crippen molar-refractivity contribution in [3.63, 3.8) is 0 Å². The van der Waals surface area contributed by atoms with Crippen molar-refractivity contribution < 1.29 is 19.4 Å². The van der Waals surface area contributed by atoms with Crippen LogP contribution >= 0.6 is 0 Å². The van der Waals surface area contributed by atoms with Crippen molar-refractivity contribution in [3.8, 4) is 0 Å². The second-order valence-electron chi connectivity index (χ2n) is 4.43. The van der Waals surface area contributed by atoms with E-state index in [4.69, 9.17) is 15.6 Å². The SMILES string of the molecule is CCCC=CCOC(=O)CC(C)C[C@H](N)C(=O)O. The number of allylic oxidation sites excluding steroid dienone is 1. The molecule has 104 valence electrons. The highest BCUT2D eigenvalue weighted by molar-refractivity contribution is 5.73. The molecule has 0 saturated carbocycles. The number of rotatable bonds is 9. The molecule has 0 fully saturated rings. The Morgan fingerprint density at radius 1 is 1.39 bits per heavy atom. The van der Waals surface area contributed by atoms with E-state index in [1.165, 1.54) is 0 Å². The minimum absolute atomic E-state index is 0.0942. The van der Waals surface area contributed by atoms with Crippen molar-refractivity contribution in [2.75, 3.05) is 6.61 Å². The first kappa shape index (κ1) is 16.6. The van der Waals surface area contributed by atoms with Crippen LogP contribution < -0.4 is 5.73 Å². The van der Waals surface area contributed by atoms with Crippen molar-refractivity contribution in [1.82, 2.24) is 0 Å². The molecule has 0 amide bonds. The fraction of sp³-hybridized carbons (Fsp3) is 0.692. The van der Waals surface area contributed by atoms with Crippen molar-refractivity contribution in [2.45, 2.75) is 45.6 Å². The number of hydrogen-bond acceptors (Lipinski definition) is 4. The van der Waals surface area contributed by atoms with Gasteiger partial charge in [-0.05, 0) is 18.8 Å². The van der Waals surface area contributed by atoms with Crippen LogP contribution in [0.4, 0.5) is 0 Å². The van der Waals surface area contributed by atoms with Gasteiger partial charge in [0.1, 0.15) is 12.6 Å². The van der Waals surface area contributed by atoms with Gasteiger partial charge in [-0.1, -0.05) is 32.4 Å². The molecule has 0 bridgehead atoms. The van der Waals surface area contributed by atoms with Gasteiger partial charge in [-0.15, -0.1) is 0 Å². The van der Waals surface area contributed by atoms with Gasteiger partial charge in [0.2, 0.25) is 0 Å². The molecule has 0 heterocycles. The van der Waals surface area contributed by atoms with Gasteiger partial charge in [-0.2, -0.15) is 0 Å². The monoisotopic (exact) mass is 257 g/mol. The number of hydrogen-bond donors (Lipinski definition) is 2. The lowest BCUT2D eigenvalue weighted by molar-refractivity contribution is -0.144. The molecule has 0 aromatic carbocycles. The summed E-state index contributed by atoms with van der Waals surface area (Å²) in [6, 6.07) is -0.919. The lowest BCUT2D eigenvalue weighted by Gasteiger charge is -2.13. The fourth-order valence-electron chi connectivity index (χ4n) is 1.45. The van der Waals surface area contributed by atoms with E-state index in [1.807, 2.05) is 12.2 Å². The van der Waals surface area contributed by atoms with Crippen LogP contribution in [0.25, 0.3) is 0 Å². The van der Waals surface area contributed by atoms with Gasteiger partial charge in [0.25, 0.3) is 0 Å². The number of carbonyl (C=O) groups is 2. The third-order valence-corrected chi connectivity index (χ3v) is 2.45. The summed E-state index contributed by atoms with van der Waals surface area (Å²) in [6.07, 6.45) is 6.29. The summed E-state index contributed by atoms with van der Waals surface area (Å²) in [5.41, 5.74) is 5.39. The van der Waals surface area contributed by atoms with Crippen LogP contribution in [0.1, 0.15) is 39.5 Å². The highest BCUT2D eigenvalue weighted by atomic mass is 16.5. The van der Waals surface area contributed by atoms with Crippen molar-refractivity contribution in [1.29, 1.82) is 0 Å². The zero-order chi connectivity index (χ0) is 14.0. The highest BCUT2D eigenvalue weighted by Gasteiger charge is 2.18. The summed E-state index contributed by atoms with van der Waals surface area (Å²) in [4.78, 5) is 21.9. The first-order valence-corrected chi connectivity index (χ1v) is 6.26. The number of aliphatic carboxylic acids is 1. The first-order chi connectivity index (χ1) is 8.47. The summed E-state index contributed by atoms with van der Waals surface area (Å²) in [5, 5.41) is 8.64. The van der Waals surface area contributed by atoms with E-state index in [2.05, 4.69) is 6.92 Å². The third-order valence-electron chi connectivity index (χ3n) is 2.45. The molecule has 0 spiro atoms. The van der Waals surface area contributed by atoms with Crippen LogP contribution in [0.5, 0.6) is 0 Å². The Hall–Kier alpha value is -1.36. The molecule has 0 aromatic rings. The predicted molar refractivity (Wildman–Crippen MR) is 69.0 cm³/mol. The Labute approximate surface area is 108 Å². The normalized spacial score (nSPS) is 14.4. The summed E-state index contributed by atoms with van der Waals surface area (Å²) >= 11 is 0. The van der Waals surface area contributed by atoms with Gasteiger partial charge < -0.3 is 15.6 Å². The minimum atomic E-state index is -1.04. The molecule has 5 nitrogen and oxygen atoms in total. The van der Waals surface area contributed by atoms with Crippen molar-refractivity contribution >= 4 is 11.9 Å². The molecule has 0 radical (unpaired) electrons. The van der Waals surface area contributed by atoms with Crippen LogP contribution in [0.2, 0.25) is 0 Å². The third kappa shape index (κ3) is 8.75. The molecule has 0 saturated heterocycles. The molecule has 0 rings (SSSR count). The smallest absolute Gasteiger partial charge is 0.320 e. The Kier molecular flexibility index (Phi) is 8.92. The summed E-state index contributed by atoms with van der Waals surface area (Å²) in [6.45, 7) is 4.14. The average Bonchev–Trinajstić information content (AvgIpc) is 2.28. The summed E-state index contributed by atoms with van der Waals surface area (Å²) in [5.74, 6) is -1.46. The van der Waals surface area contributed by atoms with Crippen LogP contribution in [0.15, 0.2) is 12.2 Å². The molecular weight excluding hydrogens is 234 g/mol. The summed E-state index contributed by atoms with van der Waals surface area (Å²) < 4.78 is 4.99. The van der Waals surface area contributed by atoms with Crippen LogP contribution in [-0.4, -0.2) is 29.7 Å². The first-order valence-electron chi connectivity index (χ1n) is 6.26.